The summed E-state index contributed by atoms with van der Waals surface area (Å²) in [7, 11) is -6.93. The predicted molar refractivity (Wildman–Crippen MR) is 385 cm³/mol. The number of carbonyl (C=O) groups excluding carboxylic acids is 2. The van der Waals surface area contributed by atoms with Crippen LogP contribution in [-0.4, -0.2) is 170 Å². The van der Waals surface area contributed by atoms with Gasteiger partial charge in [0.25, 0.3) is 17.7 Å². The molecule has 14 rings (SSSR count). The van der Waals surface area contributed by atoms with Crippen LogP contribution in [0.3, 0.4) is 0 Å². The molecule has 22 heteroatoms. The van der Waals surface area contributed by atoms with E-state index in [1.165, 1.54) is 22.3 Å². The van der Waals surface area contributed by atoms with E-state index in [1.807, 2.05) is 57.2 Å². The lowest BCUT2D eigenvalue weighted by atomic mass is 9.61. The van der Waals surface area contributed by atoms with Crippen LogP contribution in [0.5, 0.6) is 11.5 Å². The molecule has 13 atom stereocenters. The zero-order valence-electron chi connectivity index (χ0n) is 57.7. The number of likely N-dealkylation sites (tertiary alicyclic amines) is 1. The summed E-state index contributed by atoms with van der Waals surface area (Å²) in [4.78, 5) is 36.1. The maximum Gasteiger partial charge on any atom is 0.272 e. The van der Waals surface area contributed by atoms with Gasteiger partial charge in [0.1, 0.15) is 11.5 Å². The first-order chi connectivity index (χ1) is 46.6. The van der Waals surface area contributed by atoms with E-state index in [0.29, 0.717) is 107 Å². The van der Waals surface area contributed by atoms with Gasteiger partial charge in [0.05, 0.1) is 77.1 Å². The largest absolute Gasteiger partial charge is 0.490 e. The van der Waals surface area contributed by atoms with Crippen LogP contribution in [0, 0.1) is 35.5 Å². The second-order valence-electron chi connectivity index (χ2n) is 31.5. The second-order valence-corrected chi connectivity index (χ2v) is 36.8. The minimum absolute atomic E-state index is 0.0134. The summed E-state index contributed by atoms with van der Waals surface area (Å²) in [6.07, 6.45) is 14.8. The average Bonchev–Trinajstić information content (AvgIpc) is 1.47. The number of benzene rings is 4. The van der Waals surface area contributed by atoms with Gasteiger partial charge >= 0.3 is 0 Å². The normalized spacial score (nSPS) is 35.0. The van der Waals surface area contributed by atoms with E-state index in [1.54, 1.807) is 24.0 Å². The number of amides is 2. The molecular weight excluding hydrogens is 1330 g/mol. The Morgan fingerprint density at radius 3 is 1.52 bits per heavy atom. The van der Waals surface area contributed by atoms with Crippen LogP contribution in [0.25, 0.3) is 0 Å². The molecule has 536 valence electrons. The summed E-state index contributed by atoms with van der Waals surface area (Å²) >= 11 is 12.9. The van der Waals surface area contributed by atoms with Crippen LogP contribution in [0.2, 0.25) is 10.0 Å². The number of aliphatic hydroxyl groups is 2. The van der Waals surface area contributed by atoms with Crippen molar-refractivity contribution >= 4 is 72.0 Å². The van der Waals surface area contributed by atoms with E-state index in [-0.39, 0.29) is 59.4 Å². The molecule has 4 bridgehead atoms. The summed E-state index contributed by atoms with van der Waals surface area (Å²) in [5.74, 6) is 2.08. The molecule has 6 heterocycles. The lowest BCUT2D eigenvalue weighted by Gasteiger charge is -2.51. The molecule has 2 saturated heterocycles. The van der Waals surface area contributed by atoms with E-state index in [2.05, 4.69) is 54.3 Å². The van der Waals surface area contributed by atoms with E-state index in [0.717, 1.165) is 131 Å². The molecule has 2 amide bonds. The van der Waals surface area contributed by atoms with Gasteiger partial charge in [-0.25, -0.2) is 26.1 Å². The molecule has 10 aliphatic rings. The first-order valence-electron chi connectivity index (χ1n) is 36.3. The molecule has 0 aromatic heterocycles. The number of nitrogens with zero attached hydrogens (tertiary/aromatic N) is 4. The summed E-state index contributed by atoms with van der Waals surface area (Å²) in [5.41, 5.74) is 4.88. The number of anilines is 2. The SMILES string of the molecule is C=S1(=O)NC(=O)c2ccc3c(c2)N(C[C@@H]2CC[C@H]2[C@@](O)(CCN2CC(F)(F)C2)CCC[C@H](C)[C@H]1C)C[C@@]1(CCCc2cc(Cl)ccc21)CO3.C[C@@H]1[C@@H](C)CCC[C@@](O)(CCN2CCOCC2)[C@@H]2CC[C@H]2CN2C[C@@]3(CCCc4cc(Cl)ccc43)COc3ccc(cc32)C(=O)NS1(=O)=O. The van der Waals surface area contributed by atoms with E-state index in [9.17, 15) is 41.2 Å². The Hall–Kier alpha value is -4.77. The van der Waals surface area contributed by atoms with Gasteiger partial charge in [0, 0.05) is 89.6 Å². The minimum atomic E-state index is -3.93. The molecule has 16 nitrogen and oxygen atoms in total. The quantitative estimate of drug-likeness (QED) is 0.133. The van der Waals surface area contributed by atoms with Crippen molar-refractivity contribution in [2.24, 2.45) is 35.5 Å². The lowest BCUT2D eigenvalue weighted by Crippen LogP contribution is -2.58. The molecule has 98 heavy (non-hydrogen) atoms. The molecular formula is C76H102Cl2F2N6O10S2. The summed E-state index contributed by atoms with van der Waals surface area (Å²) in [5, 5.41) is 25.4. The number of hydrogen-bond acceptors (Lipinski definition) is 14. The Balaban J connectivity index is 0.000000176. The summed E-state index contributed by atoms with van der Waals surface area (Å²) in [6, 6.07) is 23.1. The average molecular weight is 1430 g/mol. The first-order valence-corrected chi connectivity index (χ1v) is 40.4. The van der Waals surface area contributed by atoms with Gasteiger partial charge in [0.15, 0.2) is 0 Å². The zero-order valence-corrected chi connectivity index (χ0v) is 60.8. The highest BCUT2D eigenvalue weighted by Crippen LogP contribution is 2.53. The van der Waals surface area contributed by atoms with Crippen molar-refractivity contribution < 1.29 is 55.4 Å². The molecule has 4 fully saturated rings. The standard InChI is InChI=1S/C38H50ClF2N3O4S.C38H52ClN3O6S/c1-25-6-4-15-37(46,16-17-43-22-38(40,41)23-43)32-11-8-29(32)20-44-21-36(14-5-7-27-18-30(39)10-12-31(27)36)24-48-34-13-9-28(19-33(34)44)35(45)42-49(3,47)26(25)2;1-26-5-3-14-38(44,15-16-41-17-19-47-20-18-41)33-10-7-30(33)23-42-24-37(13-4-6-28-21-31(39)9-11-32(28)37)25-48-35-12-8-29(22-34(35)42)36(43)40-49(45,46)27(26)2/h9-10,12-13,18-19,25-26,29,32,46H,3-8,11,14-17,20-24H2,1-2H3,(H,42,45,47);8-9,11-12,21-22,26-27,30,33,44H,3-7,10,13-20,23-25H2,1-2H3,(H,40,43)/t25-,26+,29-,32+,36-,37-,49?;26-,27+,30-,33+,37-,38+/m00/s1. The number of hydrogen-bond donors (Lipinski definition) is 4. The number of sulfonamides is 1. The van der Waals surface area contributed by atoms with Crippen molar-refractivity contribution in [1.82, 2.24) is 19.2 Å². The maximum absolute atomic E-state index is 13.9. The minimum Gasteiger partial charge on any atom is -0.490 e. The highest BCUT2D eigenvalue weighted by atomic mass is 35.5. The number of rotatable bonds is 6. The van der Waals surface area contributed by atoms with E-state index < -0.39 is 59.2 Å². The monoisotopic (exact) mass is 1430 g/mol. The number of carbonyl (C=O) groups is 2. The van der Waals surface area contributed by atoms with Gasteiger partial charge < -0.3 is 34.2 Å². The third-order valence-corrected chi connectivity index (χ3v) is 29.8. The smallest absolute Gasteiger partial charge is 0.272 e. The van der Waals surface area contributed by atoms with Crippen LogP contribution >= 0.6 is 23.2 Å². The van der Waals surface area contributed by atoms with Crippen LogP contribution in [0.15, 0.2) is 72.8 Å². The molecule has 4 N–H and O–H groups in total. The molecule has 2 saturated carbocycles. The van der Waals surface area contributed by atoms with Gasteiger partial charge in [-0.1, -0.05) is 62.0 Å². The molecule has 2 spiro atoms. The Kier molecular flexibility index (Phi) is 20.8. The fourth-order valence-corrected chi connectivity index (χ4v) is 21.8. The lowest BCUT2D eigenvalue weighted by molar-refractivity contribution is -0.146. The number of ether oxygens (including phenoxy) is 3. The number of morpholine rings is 1. The number of aryl methyl sites for hydroxylation is 2. The van der Waals surface area contributed by atoms with E-state index in [4.69, 9.17) is 37.4 Å². The van der Waals surface area contributed by atoms with Crippen LogP contribution in [0.1, 0.15) is 173 Å². The van der Waals surface area contributed by atoms with Crippen LogP contribution in [0.4, 0.5) is 20.2 Å². The van der Waals surface area contributed by atoms with Crippen LogP contribution < -0.4 is 28.7 Å². The fraction of sp³-hybridized carbons (Fsp3) is 0.645. The third kappa shape index (κ3) is 14.9. The van der Waals surface area contributed by atoms with E-state index >= 15 is 0 Å². The topological polar surface area (TPSA) is 191 Å². The fourth-order valence-electron chi connectivity index (χ4n) is 18.6. The van der Waals surface area contributed by atoms with Crippen molar-refractivity contribution in [3.05, 3.63) is 116 Å². The Labute approximate surface area is 589 Å². The van der Waals surface area contributed by atoms with Crippen molar-refractivity contribution in [3.8, 4) is 11.5 Å². The molecule has 6 aliphatic heterocycles. The molecule has 1 unspecified atom stereocenters. The van der Waals surface area contributed by atoms with Gasteiger partial charge in [0.2, 0.25) is 10.0 Å². The van der Waals surface area contributed by atoms with Crippen LogP contribution in [-0.2, 0) is 48.1 Å². The summed E-state index contributed by atoms with van der Waals surface area (Å²) < 4.78 is 92.3. The Morgan fingerprint density at radius 2 is 1.05 bits per heavy atom. The van der Waals surface area contributed by atoms with Crippen molar-refractivity contribution in [3.63, 3.8) is 0 Å². The highest BCUT2D eigenvalue weighted by molar-refractivity contribution is 7.99. The van der Waals surface area contributed by atoms with Gasteiger partial charge in [-0.15, -0.1) is 0 Å². The Bertz CT molecular complexity index is 3840. The molecule has 0 radical (unpaired) electrons. The number of nitrogens with one attached hydrogen (secondary N) is 2. The first kappa shape index (κ1) is 71.6. The summed E-state index contributed by atoms with van der Waals surface area (Å²) in [6.45, 7) is 15.2. The number of fused-ring (bicyclic) bond motifs is 8. The second kappa shape index (κ2) is 28.5. The molecule has 4 aromatic rings. The number of halogens is 4. The Morgan fingerprint density at radius 1 is 0.582 bits per heavy atom. The van der Waals surface area contributed by atoms with Crippen molar-refractivity contribution in [2.75, 3.05) is 102 Å². The molecule has 4 aromatic carbocycles. The van der Waals surface area contributed by atoms with Crippen molar-refractivity contribution in [1.29, 1.82) is 0 Å². The predicted octanol–water partition coefficient (Wildman–Crippen LogP) is 12.0. The maximum atomic E-state index is 13.9. The zero-order chi connectivity index (χ0) is 69.2. The third-order valence-electron chi connectivity index (χ3n) is 25.2. The molecule has 4 aliphatic carbocycles. The van der Waals surface area contributed by atoms with Gasteiger partial charge in [-0.2, -0.15) is 0 Å². The number of alkyl halides is 2. The van der Waals surface area contributed by atoms with Gasteiger partial charge in [-0.05, 0) is 241 Å². The van der Waals surface area contributed by atoms with Gasteiger partial charge in [-0.3, -0.25) is 24.1 Å². The van der Waals surface area contributed by atoms with Crippen molar-refractivity contribution in [2.45, 2.75) is 182 Å². The highest BCUT2D eigenvalue weighted by Gasteiger charge is 2.53.